The molecule has 1 saturated heterocycles. The zero-order valence-electron chi connectivity index (χ0n) is 13.3. The second kappa shape index (κ2) is 7.28. The van der Waals surface area contributed by atoms with Crippen molar-refractivity contribution in [3.8, 4) is 0 Å². The van der Waals surface area contributed by atoms with Gasteiger partial charge in [-0.05, 0) is 64.4 Å². The second-order valence-electron chi connectivity index (χ2n) is 6.20. The van der Waals surface area contributed by atoms with Gasteiger partial charge in [0, 0.05) is 18.0 Å². The van der Waals surface area contributed by atoms with Crippen molar-refractivity contribution in [3.05, 3.63) is 24.2 Å². The number of rotatable bonds is 8. The van der Waals surface area contributed by atoms with Crippen molar-refractivity contribution in [1.29, 1.82) is 0 Å². The van der Waals surface area contributed by atoms with Gasteiger partial charge in [-0.1, -0.05) is 13.8 Å². The van der Waals surface area contributed by atoms with Gasteiger partial charge in [0.05, 0.1) is 6.26 Å². The molecule has 3 heteroatoms. The van der Waals surface area contributed by atoms with Crippen molar-refractivity contribution in [2.24, 2.45) is 0 Å². The predicted molar refractivity (Wildman–Crippen MR) is 84.0 cm³/mol. The zero-order valence-corrected chi connectivity index (χ0v) is 13.3. The molecule has 0 amide bonds. The molecule has 2 heterocycles. The molecule has 1 aromatic rings. The minimum absolute atomic E-state index is 0.221. The third-order valence-corrected chi connectivity index (χ3v) is 4.92. The van der Waals surface area contributed by atoms with Gasteiger partial charge in [0.1, 0.15) is 5.76 Å². The Hall–Kier alpha value is -0.800. The molecule has 0 aromatic carbocycles. The van der Waals surface area contributed by atoms with Gasteiger partial charge in [-0.25, -0.2) is 0 Å². The van der Waals surface area contributed by atoms with Crippen LogP contribution in [-0.2, 0) is 6.42 Å². The van der Waals surface area contributed by atoms with E-state index in [-0.39, 0.29) is 5.54 Å². The monoisotopic (exact) mass is 278 g/mol. The Labute approximate surface area is 123 Å². The first-order valence-corrected chi connectivity index (χ1v) is 8.21. The van der Waals surface area contributed by atoms with E-state index in [1.807, 2.05) is 6.07 Å². The highest BCUT2D eigenvalue weighted by atomic mass is 16.3. The van der Waals surface area contributed by atoms with Crippen LogP contribution in [0.25, 0.3) is 0 Å². The van der Waals surface area contributed by atoms with Crippen LogP contribution in [0, 0.1) is 0 Å². The topological polar surface area (TPSA) is 28.4 Å². The summed E-state index contributed by atoms with van der Waals surface area (Å²) in [7, 11) is 0. The van der Waals surface area contributed by atoms with E-state index in [1.54, 1.807) is 6.26 Å². The van der Waals surface area contributed by atoms with Gasteiger partial charge in [0.25, 0.3) is 0 Å². The Morgan fingerprint density at radius 1 is 1.35 bits per heavy atom. The molecule has 1 aliphatic rings. The molecule has 3 nitrogen and oxygen atoms in total. The van der Waals surface area contributed by atoms with E-state index in [0.717, 1.165) is 18.7 Å². The number of hydrogen-bond donors (Lipinski definition) is 1. The van der Waals surface area contributed by atoms with Gasteiger partial charge in [-0.3, -0.25) is 4.90 Å². The van der Waals surface area contributed by atoms with Crippen LogP contribution in [-0.4, -0.2) is 36.1 Å². The number of furan rings is 1. The predicted octanol–water partition coefficient (Wildman–Crippen LogP) is 3.45. The molecule has 1 aliphatic heterocycles. The Balaban J connectivity index is 2.13. The van der Waals surface area contributed by atoms with Gasteiger partial charge in [-0.2, -0.15) is 0 Å². The fourth-order valence-electron chi connectivity index (χ4n) is 3.38. The fourth-order valence-corrected chi connectivity index (χ4v) is 3.38. The minimum Gasteiger partial charge on any atom is -0.469 e. The van der Waals surface area contributed by atoms with Gasteiger partial charge < -0.3 is 9.73 Å². The Bertz CT molecular complexity index is 370. The molecule has 0 saturated carbocycles. The van der Waals surface area contributed by atoms with E-state index >= 15 is 0 Å². The van der Waals surface area contributed by atoms with E-state index in [0.29, 0.717) is 6.04 Å². The smallest absolute Gasteiger partial charge is 0.105 e. The highest BCUT2D eigenvalue weighted by Gasteiger charge is 2.39. The zero-order chi connectivity index (χ0) is 14.4. The molecule has 2 rings (SSSR count). The molecule has 0 spiro atoms. The molecule has 20 heavy (non-hydrogen) atoms. The lowest BCUT2D eigenvalue weighted by molar-refractivity contribution is 0.0818. The van der Waals surface area contributed by atoms with Crippen molar-refractivity contribution < 1.29 is 4.42 Å². The lowest BCUT2D eigenvalue weighted by Gasteiger charge is -2.45. The summed E-state index contributed by atoms with van der Waals surface area (Å²) in [6.07, 6.45) is 7.80. The summed E-state index contributed by atoms with van der Waals surface area (Å²) in [4.78, 5) is 2.68. The van der Waals surface area contributed by atoms with Crippen LogP contribution in [0.4, 0.5) is 0 Å². The van der Waals surface area contributed by atoms with Crippen LogP contribution >= 0.6 is 0 Å². The lowest BCUT2D eigenvalue weighted by Crippen LogP contribution is -2.59. The van der Waals surface area contributed by atoms with E-state index in [4.69, 9.17) is 4.42 Å². The van der Waals surface area contributed by atoms with Crippen molar-refractivity contribution in [2.75, 3.05) is 19.6 Å². The number of hydrogen-bond acceptors (Lipinski definition) is 3. The summed E-state index contributed by atoms with van der Waals surface area (Å²) >= 11 is 0. The summed E-state index contributed by atoms with van der Waals surface area (Å²) in [5.74, 6) is 1.09. The molecular weight excluding hydrogens is 248 g/mol. The summed E-state index contributed by atoms with van der Waals surface area (Å²) in [5, 5.41) is 3.77. The van der Waals surface area contributed by atoms with Crippen LogP contribution in [0.2, 0.25) is 0 Å². The highest BCUT2D eigenvalue weighted by Crippen LogP contribution is 2.29. The van der Waals surface area contributed by atoms with Crippen LogP contribution in [0.3, 0.4) is 0 Å². The Morgan fingerprint density at radius 3 is 2.65 bits per heavy atom. The summed E-state index contributed by atoms with van der Waals surface area (Å²) in [6.45, 7) is 10.5. The van der Waals surface area contributed by atoms with Crippen molar-refractivity contribution in [2.45, 2.75) is 64.5 Å². The normalized spacial score (nSPS) is 20.9. The third-order valence-electron chi connectivity index (χ3n) is 4.92. The first-order chi connectivity index (χ1) is 9.70. The van der Waals surface area contributed by atoms with Crippen LogP contribution in [0.5, 0.6) is 0 Å². The van der Waals surface area contributed by atoms with Gasteiger partial charge in [-0.15, -0.1) is 0 Å². The lowest BCUT2D eigenvalue weighted by atomic mass is 9.84. The van der Waals surface area contributed by atoms with E-state index < -0.39 is 0 Å². The van der Waals surface area contributed by atoms with Gasteiger partial charge in [0.15, 0.2) is 0 Å². The molecule has 1 aromatic heterocycles. The standard InChI is InChI=1S/C17H30N2O/c1-4-10-18-16(14-15-9-8-13-20-15)17(3,5-2)19-11-6-7-12-19/h8-9,13,16,18H,4-7,10-12,14H2,1-3H3. The average molecular weight is 278 g/mol. The molecule has 2 atom stereocenters. The SMILES string of the molecule is CCCNC(Cc1ccco1)C(C)(CC)N1CCCC1. The molecule has 1 N–H and O–H groups in total. The number of nitrogens with one attached hydrogen (secondary N) is 1. The maximum atomic E-state index is 5.59. The van der Waals surface area contributed by atoms with Crippen molar-refractivity contribution >= 4 is 0 Å². The molecule has 114 valence electrons. The molecule has 1 fully saturated rings. The quantitative estimate of drug-likeness (QED) is 0.789. The summed E-state index contributed by atoms with van der Waals surface area (Å²) < 4.78 is 5.59. The molecule has 0 bridgehead atoms. The first-order valence-electron chi connectivity index (χ1n) is 8.21. The maximum absolute atomic E-state index is 5.59. The summed E-state index contributed by atoms with van der Waals surface area (Å²) in [6, 6.07) is 4.54. The number of likely N-dealkylation sites (tertiary alicyclic amines) is 1. The fraction of sp³-hybridized carbons (Fsp3) is 0.765. The molecule has 2 unspecified atom stereocenters. The largest absolute Gasteiger partial charge is 0.469 e. The third kappa shape index (κ3) is 3.44. The van der Waals surface area contributed by atoms with Crippen molar-refractivity contribution in [1.82, 2.24) is 10.2 Å². The van der Waals surface area contributed by atoms with Crippen molar-refractivity contribution in [3.63, 3.8) is 0 Å². The Kier molecular flexibility index (Phi) is 5.67. The van der Waals surface area contributed by atoms with Crippen LogP contribution in [0.15, 0.2) is 22.8 Å². The van der Waals surface area contributed by atoms with Gasteiger partial charge >= 0.3 is 0 Å². The molecule has 0 aliphatic carbocycles. The average Bonchev–Trinajstić information content (AvgIpc) is 3.15. The molecular formula is C17H30N2O. The van der Waals surface area contributed by atoms with E-state index in [2.05, 4.69) is 37.1 Å². The van der Waals surface area contributed by atoms with Gasteiger partial charge in [0.2, 0.25) is 0 Å². The minimum atomic E-state index is 0.221. The summed E-state index contributed by atoms with van der Waals surface area (Å²) in [5.41, 5.74) is 0.221. The second-order valence-corrected chi connectivity index (χ2v) is 6.20. The maximum Gasteiger partial charge on any atom is 0.105 e. The van der Waals surface area contributed by atoms with Crippen LogP contribution in [0.1, 0.15) is 52.2 Å². The Morgan fingerprint density at radius 2 is 2.10 bits per heavy atom. The molecule has 0 radical (unpaired) electrons. The first kappa shape index (κ1) is 15.6. The van der Waals surface area contributed by atoms with Crippen LogP contribution < -0.4 is 5.32 Å². The van der Waals surface area contributed by atoms with E-state index in [9.17, 15) is 0 Å². The number of nitrogens with zero attached hydrogens (tertiary/aromatic N) is 1. The van der Waals surface area contributed by atoms with E-state index in [1.165, 1.54) is 38.8 Å². The highest BCUT2D eigenvalue weighted by molar-refractivity contribution is 5.07.